The first-order valence-electron chi connectivity index (χ1n) is 7.74. The van der Waals surface area contributed by atoms with Crippen LogP contribution < -0.4 is 5.73 Å². The third-order valence-electron chi connectivity index (χ3n) is 6.42. The van der Waals surface area contributed by atoms with Crippen LogP contribution in [0.1, 0.15) is 59.3 Å². The summed E-state index contributed by atoms with van der Waals surface area (Å²) in [6.45, 7) is 6.86. The molecule has 0 radical (unpaired) electrons. The number of nitrogens with two attached hydrogens (primary N) is 1. The first-order chi connectivity index (χ1) is 7.95. The van der Waals surface area contributed by atoms with Gasteiger partial charge in [-0.1, -0.05) is 13.8 Å². The zero-order chi connectivity index (χ0) is 12.2. The fraction of sp³-hybridized carbons (Fsp3) is 1.00. The molecule has 1 heteroatoms. The van der Waals surface area contributed by atoms with Crippen LogP contribution >= 0.6 is 0 Å². The van der Waals surface area contributed by atoms with Crippen molar-refractivity contribution in [3.63, 3.8) is 0 Å². The summed E-state index contributed by atoms with van der Waals surface area (Å²) in [5.41, 5.74) is 6.60. The van der Waals surface area contributed by atoms with E-state index in [0.29, 0.717) is 5.92 Å². The highest BCUT2D eigenvalue weighted by Gasteiger charge is 2.49. The van der Waals surface area contributed by atoms with Gasteiger partial charge in [-0.3, -0.25) is 0 Å². The fourth-order valence-electron chi connectivity index (χ4n) is 5.11. The molecule has 1 unspecified atom stereocenters. The Morgan fingerprint density at radius 2 is 1.47 bits per heavy atom. The monoisotopic (exact) mass is 235 g/mol. The first kappa shape index (κ1) is 12.0. The van der Waals surface area contributed by atoms with Gasteiger partial charge in [0.15, 0.2) is 0 Å². The van der Waals surface area contributed by atoms with Gasteiger partial charge in [0.25, 0.3) is 0 Å². The molecule has 4 aliphatic carbocycles. The quantitative estimate of drug-likeness (QED) is 0.790. The molecule has 98 valence electrons. The zero-order valence-electron chi connectivity index (χ0n) is 11.8. The largest absolute Gasteiger partial charge is 0.325 e. The molecule has 4 saturated carbocycles. The summed E-state index contributed by atoms with van der Waals surface area (Å²) < 4.78 is 0. The smallest absolute Gasteiger partial charge is 0.0151 e. The first-order valence-corrected chi connectivity index (χ1v) is 7.74. The molecule has 4 bridgehead atoms. The van der Waals surface area contributed by atoms with E-state index in [4.69, 9.17) is 5.73 Å². The SMILES string of the molecule is CC(C)C(C)(N)CC1C2CC3CC(C2)CC1C3. The van der Waals surface area contributed by atoms with E-state index < -0.39 is 0 Å². The van der Waals surface area contributed by atoms with Crippen molar-refractivity contribution in [3.05, 3.63) is 0 Å². The van der Waals surface area contributed by atoms with Crippen molar-refractivity contribution in [1.29, 1.82) is 0 Å². The Balaban J connectivity index is 1.72. The molecule has 1 atom stereocenters. The lowest BCUT2D eigenvalue weighted by Gasteiger charge is -2.56. The summed E-state index contributed by atoms with van der Waals surface area (Å²) in [4.78, 5) is 0. The van der Waals surface area contributed by atoms with Crippen LogP contribution in [0.3, 0.4) is 0 Å². The van der Waals surface area contributed by atoms with E-state index in [1.807, 2.05) is 0 Å². The average molecular weight is 235 g/mol. The molecule has 4 aliphatic rings. The van der Waals surface area contributed by atoms with Crippen LogP contribution in [0.25, 0.3) is 0 Å². The Hall–Kier alpha value is -0.0400. The molecule has 17 heavy (non-hydrogen) atoms. The second kappa shape index (κ2) is 3.98. The highest BCUT2D eigenvalue weighted by atomic mass is 14.7. The van der Waals surface area contributed by atoms with Crippen molar-refractivity contribution < 1.29 is 0 Å². The number of hydrogen-bond donors (Lipinski definition) is 1. The molecule has 0 aliphatic heterocycles. The summed E-state index contributed by atoms with van der Waals surface area (Å²) in [7, 11) is 0. The van der Waals surface area contributed by atoms with Gasteiger partial charge in [-0.2, -0.15) is 0 Å². The molecule has 0 spiro atoms. The van der Waals surface area contributed by atoms with E-state index in [-0.39, 0.29) is 5.54 Å². The van der Waals surface area contributed by atoms with E-state index in [9.17, 15) is 0 Å². The minimum absolute atomic E-state index is 0.0556. The van der Waals surface area contributed by atoms with Crippen molar-refractivity contribution >= 4 is 0 Å². The van der Waals surface area contributed by atoms with E-state index >= 15 is 0 Å². The Morgan fingerprint density at radius 1 is 1.00 bits per heavy atom. The molecular formula is C16H29N. The van der Waals surface area contributed by atoms with E-state index in [1.54, 1.807) is 6.42 Å². The van der Waals surface area contributed by atoms with E-state index in [1.165, 1.54) is 32.1 Å². The lowest BCUT2D eigenvalue weighted by atomic mass is 9.50. The van der Waals surface area contributed by atoms with Crippen molar-refractivity contribution in [3.8, 4) is 0 Å². The molecule has 1 nitrogen and oxygen atoms in total. The number of rotatable bonds is 3. The summed E-state index contributed by atoms with van der Waals surface area (Å²) in [6.07, 6.45) is 8.97. The van der Waals surface area contributed by atoms with Crippen molar-refractivity contribution in [2.75, 3.05) is 0 Å². The summed E-state index contributed by atoms with van der Waals surface area (Å²) in [5.74, 6) is 5.83. The van der Waals surface area contributed by atoms with Gasteiger partial charge < -0.3 is 5.73 Å². The molecule has 0 aromatic heterocycles. The van der Waals surface area contributed by atoms with Crippen LogP contribution in [-0.4, -0.2) is 5.54 Å². The Labute approximate surface area is 107 Å². The van der Waals surface area contributed by atoms with Crippen molar-refractivity contribution in [2.45, 2.75) is 64.8 Å². The predicted octanol–water partition coefficient (Wildman–Crippen LogP) is 3.82. The van der Waals surface area contributed by atoms with Gasteiger partial charge in [-0.25, -0.2) is 0 Å². The second-order valence-corrected chi connectivity index (χ2v) is 7.96. The normalized spacial score (nSPS) is 47.5. The van der Waals surface area contributed by atoms with Gasteiger partial charge in [0.2, 0.25) is 0 Å². The van der Waals surface area contributed by atoms with Crippen LogP contribution in [0.5, 0.6) is 0 Å². The van der Waals surface area contributed by atoms with Crippen molar-refractivity contribution in [2.24, 2.45) is 41.2 Å². The minimum Gasteiger partial charge on any atom is -0.325 e. The van der Waals surface area contributed by atoms with Crippen LogP contribution in [-0.2, 0) is 0 Å². The molecule has 2 N–H and O–H groups in total. The Morgan fingerprint density at radius 3 is 1.88 bits per heavy atom. The Bertz CT molecular complexity index is 264. The fourth-order valence-corrected chi connectivity index (χ4v) is 5.11. The topological polar surface area (TPSA) is 26.0 Å². The Kier molecular flexibility index (Phi) is 2.81. The lowest BCUT2D eigenvalue weighted by molar-refractivity contribution is -0.0496. The van der Waals surface area contributed by atoms with Crippen molar-refractivity contribution in [1.82, 2.24) is 0 Å². The van der Waals surface area contributed by atoms with Crippen LogP contribution in [0, 0.1) is 35.5 Å². The average Bonchev–Trinajstić information content (AvgIpc) is 2.22. The standard InChI is InChI=1S/C16H29N/c1-10(2)16(3,17)9-15-13-5-11-4-12(7-13)8-14(15)6-11/h10-15H,4-9,17H2,1-3H3. The number of hydrogen-bond acceptors (Lipinski definition) is 1. The highest BCUT2D eigenvalue weighted by molar-refractivity contribution is 5.00. The summed E-state index contributed by atoms with van der Waals surface area (Å²) in [6, 6.07) is 0. The third kappa shape index (κ3) is 2.05. The highest BCUT2D eigenvalue weighted by Crippen LogP contribution is 2.58. The summed E-state index contributed by atoms with van der Waals surface area (Å²) >= 11 is 0. The second-order valence-electron chi connectivity index (χ2n) is 7.96. The molecule has 0 saturated heterocycles. The minimum atomic E-state index is 0.0556. The molecule has 0 heterocycles. The van der Waals surface area contributed by atoms with Gasteiger partial charge in [-0.05, 0) is 81.0 Å². The van der Waals surface area contributed by atoms with E-state index in [2.05, 4.69) is 20.8 Å². The van der Waals surface area contributed by atoms with Gasteiger partial charge >= 0.3 is 0 Å². The third-order valence-corrected chi connectivity index (χ3v) is 6.42. The van der Waals surface area contributed by atoms with Gasteiger partial charge in [0.05, 0.1) is 0 Å². The maximum Gasteiger partial charge on any atom is 0.0151 e. The molecule has 4 fully saturated rings. The zero-order valence-corrected chi connectivity index (χ0v) is 11.8. The van der Waals surface area contributed by atoms with Gasteiger partial charge in [0, 0.05) is 5.54 Å². The molecule has 0 aromatic carbocycles. The maximum absolute atomic E-state index is 6.54. The molecule has 0 aromatic rings. The predicted molar refractivity (Wildman–Crippen MR) is 72.6 cm³/mol. The molecule has 0 amide bonds. The summed E-state index contributed by atoms with van der Waals surface area (Å²) in [5, 5.41) is 0. The van der Waals surface area contributed by atoms with Crippen LogP contribution in [0.2, 0.25) is 0 Å². The molecule has 4 rings (SSSR count). The van der Waals surface area contributed by atoms with E-state index in [0.717, 1.165) is 29.6 Å². The van der Waals surface area contributed by atoms with Crippen LogP contribution in [0.15, 0.2) is 0 Å². The molecular weight excluding hydrogens is 206 g/mol. The lowest BCUT2D eigenvalue weighted by Crippen LogP contribution is -2.51. The van der Waals surface area contributed by atoms with Crippen LogP contribution in [0.4, 0.5) is 0 Å². The van der Waals surface area contributed by atoms with Gasteiger partial charge in [0.1, 0.15) is 0 Å². The maximum atomic E-state index is 6.54. The van der Waals surface area contributed by atoms with Gasteiger partial charge in [-0.15, -0.1) is 0 Å².